The third kappa shape index (κ3) is 11.9. The number of nitrogens with zero attached hydrogens (tertiary/aromatic N) is 6. The number of nitrogens with one attached hydrogen (secondary N) is 3. The Balaban J connectivity index is 0.698. The Kier molecular flexibility index (Phi) is 16.4. The standard InChI is InChI=1S/C60H69N9O11SSi/c1-59(2,3)79-54(71)15-8-6-7-9-24-61-57(74)42-17-23-53(70)69(38-42)81(76,77)46-14-10-13-40(33-46)56(73)63-37-43-39-68(65-64-43)30-32-78-31-25-62-55(72)41-16-20-47-50(34-41)60(80-58(47)75)48-21-18-44(66-26-11-27-66)35-51(48)82(4,5)52-36-45(19-22-49(52)60)67-28-12-29-67/h10,13-14,16-23,33-36,38-39H,6-9,11-12,15,24-32,37H2,1-5H3,(H,61,74)(H,62,72)(H,63,73). The quantitative estimate of drug-likeness (QED) is 0.0456. The largest absolute Gasteiger partial charge is 0.460 e. The molecule has 10 rings (SSSR count). The minimum Gasteiger partial charge on any atom is -0.460 e. The van der Waals surface area contributed by atoms with Gasteiger partial charge in [0.05, 0.1) is 48.5 Å². The number of fused-ring (bicyclic) bond motifs is 6. The zero-order chi connectivity index (χ0) is 58.0. The number of ether oxygens (including phenoxy) is 3. The molecule has 4 aliphatic rings. The lowest BCUT2D eigenvalue weighted by Crippen LogP contribution is -2.63. The average molecular weight is 1150 g/mol. The number of aromatic nitrogens is 4. The molecule has 0 saturated carbocycles. The van der Waals surface area contributed by atoms with Crippen LogP contribution in [0.25, 0.3) is 0 Å². The van der Waals surface area contributed by atoms with Gasteiger partial charge in [0.25, 0.3) is 33.3 Å². The van der Waals surface area contributed by atoms with Crippen LogP contribution in [0.2, 0.25) is 13.1 Å². The van der Waals surface area contributed by atoms with Crippen molar-refractivity contribution < 1.29 is 46.6 Å². The number of hydrogen-bond donors (Lipinski definition) is 3. The number of unbranched alkanes of at least 4 members (excludes halogenated alkanes) is 3. The van der Waals surface area contributed by atoms with Crippen molar-refractivity contribution in [1.82, 2.24) is 34.9 Å². The molecular formula is C60H69N9O11SSi. The molecule has 3 amide bonds. The summed E-state index contributed by atoms with van der Waals surface area (Å²) in [5.41, 5.74) is 3.49. The van der Waals surface area contributed by atoms with Crippen LogP contribution in [0.15, 0.2) is 113 Å². The predicted molar refractivity (Wildman–Crippen MR) is 310 cm³/mol. The molecule has 20 nitrogen and oxygen atoms in total. The van der Waals surface area contributed by atoms with Gasteiger partial charge in [0, 0.05) is 97.1 Å². The third-order valence-corrected chi connectivity index (χ3v) is 20.7. The second-order valence-electron chi connectivity index (χ2n) is 22.7. The zero-order valence-electron chi connectivity index (χ0n) is 46.9. The van der Waals surface area contributed by atoms with E-state index >= 15 is 0 Å². The molecule has 4 aliphatic heterocycles. The first kappa shape index (κ1) is 57.3. The van der Waals surface area contributed by atoms with E-state index in [2.05, 4.69) is 85.6 Å². The molecule has 6 aromatic rings. The molecule has 6 heterocycles. The number of benzene rings is 4. The zero-order valence-corrected chi connectivity index (χ0v) is 48.7. The molecule has 22 heteroatoms. The molecule has 3 N–H and O–H groups in total. The molecule has 430 valence electrons. The van der Waals surface area contributed by atoms with E-state index < -0.39 is 52.6 Å². The number of esters is 2. The molecule has 0 bridgehead atoms. The minimum absolute atomic E-state index is 0.00409. The molecule has 0 unspecified atom stereocenters. The lowest BCUT2D eigenvalue weighted by molar-refractivity contribution is -0.154. The summed E-state index contributed by atoms with van der Waals surface area (Å²) >= 11 is 0. The van der Waals surface area contributed by atoms with Crippen LogP contribution < -0.4 is 41.7 Å². The van der Waals surface area contributed by atoms with Gasteiger partial charge in [0.1, 0.15) is 19.4 Å². The van der Waals surface area contributed by atoms with E-state index in [1.54, 1.807) is 23.0 Å². The normalized spacial score (nSPS) is 15.5. The third-order valence-electron chi connectivity index (χ3n) is 15.5. The first-order valence-electron chi connectivity index (χ1n) is 28.0. The second kappa shape index (κ2) is 23.5. The van der Waals surface area contributed by atoms with Gasteiger partial charge in [-0.25, -0.2) is 21.9 Å². The van der Waals surface area contributed by atoms with E-state index in [9.17, 15) is 37.2 Å². The van der Waals surface area contributed by atoms with Crippen molar-refractivity contribution >= 4 is 69.5 Å². The van der Waals surface area contributed by atoms with Crippen LogP contribution in [-0.4, -0.2) is 123 Å². The number of anilines is 2. The van der Waals surface area contributed by atoms with Gasteiger partial charge < -0.3 is 40.0 Å². The Bertz CT molecular complexity index is 3570. The molecule has 0 aliphatic carbocycles. The molecule has 2 aromatic heterocycles. The minimum atomic E-state index is -4.53. The highest BCUT2D eigenvalue weighted by Crippen LogP contribution is 2.50. The van der Waals surface area contributed by atoms with Gasteiger partial charge >= 0.3 is 11.9 Å². The molecule has 1 spiro atoms. The Morgan fingerprint density at radius 3 is 2.00 bits per heavy atom. The van der Waals surface area contributed by atoms with Gasteiger partial charge in [-0.15, -0.1) is 5.10 Å². The smallest absolute Gasteiger partial charge is 0.340 e. The van der Waals surface area contributed by atoms with Crippen LogP contribution in [0.1, 0.15) is 130 Å². The van der Waals surface area contributed by atoms with Crippen molar-refractivity contribution in [2.24, 2.45) is 0 Å². The summed E-state index contributed by atoms with van der Waals surface area (Å²) in [5, 5.41) is 19.1. The first-order chi connectivity index (χ1) is 39.2. The van der Waals surface area contributed by atoms with E-state index in [4.69, 9.17) is 14.2 Å². The van der Waals surface area contributed by atoms with Gasteiger partial charge in [-0.3, -0.25) is 24.0 Å². The Labute approximate surface area is 477 Å². The molecule has 0 radical (unpaired) electrons. The molecule has 2 saturated heterocycles. The Morgan fingerprint density at radius 2 is 1.33 bits per heavy atom. The molecule has 2 fully saturated rings. The average Bonchev–Trinajstić information content (AvgIpc) is 1.71. The monoisotopic (exact) mass is 1150 g/mol. The van der Waals surface area contributed by atoms with E-state index in [0.717, 1.165) is 81.3 Å². The number of hydrogen-bond acceptors (Lipinski definition) is 15. The first-order valence-corrected chi connectivity index (χ1v) is 32.5. The second-order valence-corrected chi connectivity index (χ2v) is 28.9. The Hall–Kier alpha value is -7.95. The van der Waals surface area contributed by atoms with Gasteiger partial charge in [0.2, 0.25) is 0 Å². The van der Waals surface area contributed by atoms with Crippen LogP contribution in [0.4, 0.5) is 11.4 Å². The van der Waals surface area contributed by atoms with Crippen LogP contribution in [0.5, 0.6) is 0 Å². The maximum Gasteiger partial charge on any atom is 0.340 e. The van der Waals surface area contributed by atoms with E-state index in [0.29, 0.717) is 58.7 Å². The van der Waals surface area contributed by atoms with Crippen molar-refractivity contribution in [3.63, 3.8) is 0 Å². The Morgan fingerprint density at radius 1 is 0.695 bits per heavy atom. The highest BCUT2D eigenvalue weighted by molar-refractivity contribution is 7.90. The SMILES string of the molecule is CC(C)(C)OC(=O)CCCCCCNC(=O)c1ccc(=O)n(S(=O)(=O)c2cccc(C(=O)NCc3cn(CCOCCNC(=O)c4ccc5c(c4)C4(OC5=O)c5ccc(N6CCC6)cc5[Si](C)(C)c5cc(N6CCC6)ccc54)nn3)c2)c1. The molecule has 4 aromatic carbocycles. The summed E-state index contributed by atoms with van der Waals surface area (Å²) in [4.78, 5) is 83.2. The maximum atomic E-state index is 13.9. The van der Waals surface area contributed by atoms with Crippen LogP contribution in [0, 0.1) is 0 Å². The van der Waals surface area contributed by atoms with Crippen molar-refractivity contribution in [2.75, 3.05) is 62.3 Å². The fourth-order valence-electron chi connectivity index (χ4n) is 10.9. The van der Waals surface area contributed by atoms with Crippen LogP contribution in [0.3, 0.4) is 0 Å². The van der Waals surface area contributed by atoms with Crippen molar-refractivity contribution in [3.8, 4) is 0 Å². The highest BCUT2D eigenvalue weighted by atomic mass is 32.2. The van der Waals surface area contributed by atoms with Crippen molar-refractivity contribution in [3.05, 3.63) is 158 Å². The summed E-state index contributed by atoms with van der Waals surface area (Å²) in [7, 11) is -6.86. The fourth-order valence-corrected chi connectivity index (χ4v) is 15.4. The number of carbonyl (C=O) groups is 5. The molecule has 82 heavy (non-hydrogen) atoms. The van der Waals surface area contributed by atoms with Crippen LogP contribution >= 0.6 is 0 Å². The summed E-state index contributed by atoms with van der Waals surface area (Å²) in [5.74, 6) is -2.17. The number of pyridine rings is 1. The van der Waals surface area contributed by atoms with Crippen molar-refractivity contribution in [1.29, 1.82) is 0 Å². The summed E-state index contributed by atoms with van der Waals surface area (Å²) < 4.78 is 47.3. The molecular weight excluding hydrogens is 1080 g/mol. The summed E-state index contributed by atoms with van der Waals surface area (Å²) in [6.45, 7) is 15.5. The van der Waals surface area contributed by atoms with Gasteiger partial charge in [-0.1, -0.05) is 49.3 Å². The number of rotatable bonds is 22. The summed E-state index contributed by atoms with van der Waals surface area (Å²) in [6, 6.07) is 25.8. The highest BCUT2D eigenvalue weighted by Gasteiger charge is 2.56. The summed E-state index contributed by atoms with van der Waals surface area (Å²) in [6.07, 6.45) is 8.00. The van der Waals surface area contributed by atoms with Crippen molar-refractivity contribution in [2.45, 2.75) is 108 Å². The lowest BCUT2D eigenvalue weighted by atomic mass is 9.78. The van der Waals surface area contributed by atoms with Gasteiger partial charge in [-0.05, 0) is 124 Å². The topological polar surface area (TPSA) is 242 Å². The number of carbonyl (C=O) groups excluding carboxylic acids is 5. The maximum absolute atomic E-state index is 13.9. The molecule has 0 atom stereocenters. The van der Waals surface area contributed by atoms with Gasteiger partial charge in [0.15, 0.2) is 5.60 Å². The van der Waals surface area contributed by atoms with E-state index in [1.807, 2.05) is 26.8 Å². The predicted octanol–water partition coefficient (Wildman–Crippen LogP) is 5.09. The fraction of sp³-hybridized carbons (Fsp3) is 0.400. The van der Waals surface area contributed by atoms with Crippen LogP contribution in [-0.2, 0) is 47.7 Å². The lowest BCUT2D eigenvalue weighted by Gasteiger charge is -2.45. The van der Waals surface area contributed by atoms with Gasteiger partial charge in [-0.2, -0.15) is 0 Å². The van der Waals surface area contributed by atoms with E-state index in [1.165, 1.54) is 46.0 Å². The number of amides is 3. The van der Waals surface area contributed by atoms with E-state index in [-0.39, 0.29) is 54.2 Å².